The Kier molecular flexibility index (Phi) is 12.2. The van der Waals surface area contributed by atoms with E-state index >= 15 is 4.39 Å². The van der Waals surface area contributed by atoms with Crippen LogP contribution in [0.15, 0.2) is 60.8 Å². The van der Waals surface area contributed by atoms with E-state index in [9.17, 15) is 23.9 Å². The number of hydrogen-bond acceptors (Lipinski definition) is 6. The molecule has 3 N–H and O–H groups in total. The van der Waals surface area contributed by atoms with Crippen molar-refractivity contribution in [3.05, 3.63) is 83.7 Å². The lowest BCUT2D eigenvalue weighted by atomic mass is 9.82. The standard InChI is InChI=1S/C37H48F2N4O5S/c1-36(2,3)33(31-16-26(28-17-27(38)12-13-29(28)39)21-42(31)18-24-10-8-7-9-11-24)43(32(44)23-49-22-30(40)34(45)46)20-25-14-15-41(19-25)35(47)48-37(4,5)6/h7-13,16-17,21,25,30,33H,14-15,18-20,22-23,40H2,1-6H3,(H,45,46)/t25-,30?,33?/m0/s1. The van der Waals surface area contributed by atoms with Crippen molar-refractivity contribution in [3.8, 4) is 11.1 Å². The first-order valence-corrected chi connectivity index (χ1v) is 17.6. The predicted molar refractivity (Wildman–Crippen MR) is 188 cm³/mol. The normalized spacial score (nSPS) is 16.3. The predicted octanol–water partition coefficient (Wildman–Crippen LogP) is 6.80. The molecular weight excluding hydrogens is 650 g/mol. The van der Waals surface area contributed by atoms with E-state index < -0.39 is 46.8 Å². The van der Waals surface area contributed by atoms with E-state index in [1.807, 2.05) is 87.4 Å². The zero-order valence-corrected chi connectivity index (χ0v) is 29.9. The molecule has 266 valence electrons. The summed E-state index contributed by atoms with van der Waals surface area (Å²) in [6, 6.07) is 13.3. The number of halogens is 2. The number of carboxylic acid groups (broad SMARTS) is 1. The van der Waals surface area contributed by atoms with Crippen molar-refractivity contribution >= 4 is 29.7 Å². The molecule has 2 unspecified atom stereocenters. The molecule has 3 atom stereocenters. The summed E-state index contributed by atoms with van der Waals surface area (Å²) in [6.45, 7) is 13.1. The summed E-state index contributed by atoms with van der Waals surface area (Å²) in [5.41, 5.74) is 6.85. The molecule has 1 saturated heterocycles. The highest BCUT2D eigenvalue weighted by atomic mass is 32.2. The van der Waals surface area contributed by atoms with Gasteiger partial charge in [-0.1, -0.05) is 51.1 Å². The molecule has 0 saturated carbocycles. The van der Waals surface area contributed by atoms with E-state index in [0.717, 1.165) is 35.2 Å². The SMILES string of the molecule is CC(C)(C)OC(=O)N1CC[C@H](CN(C(=O)CSCC(N)C(=O)O)C(c2cc(-c3cc(F)ccc3F)cn2Cc2ccccc2)C(C)(C)C)C1. The van der Waals surface area contributed by atoms with E-state index in [1.165, 1.54) is 6.07 Å². The molecule has 12 heteroatoms. The highest BCUT2D eigenvalue weighted by Crippen LogP contribution is 2.42. The van der Waals surface area contributed by atoms with Gasteiger partial charge < -0.3 is 29.9 Å². The molecule has 9 nitrogen and oxygen atoms in total. The van der Waals surface area contributed by atoms with Gasteiger partial charge in [0.05, 0.1) is 11.8 Å². The third kappa shape index (κ3) is 10.3. The van der Waals surface area contributed by atoms with Crippen LogP contribution in [0.3, 0.4) is 0 Å². The maximum atomic E-state index is 15.1. The van der Waals surface area contributed by atoms with Gasteiger partial charge in [-0.15, -0.1) is 11.8 Å². The number of nitrogens with zero attached hydrogens (tertiary/aromatic N) is 3. The summed E-state index contributed by atoms with van der Waals surface area (Å²) in [7, 11) is 0. The molecule has 0 radical (unpaired) electrons. The van der Waals surface area contributed by atoms with E-state index in [1.54, 1.807) is 11.1 Å². The van der Waals surface area contributed by atoms with Crippen molar-refractivity contribution in [3.63, 3.8) is 0 Å². The van der Waals surface area contributed by atoms with E-state index in [-0.39, 0.29) is 28.9 Å². The molecule has 3 aromatic rings. The van der Waals surface area contributed by atoms with E-state index in [4.69, 9.17) is 10.5 Å². The van der Waals surface area contributed by atoms with Crippen molar-refractivity contribution in [1.82, 2.24) is 14.4 Å². The van der Waals surface area contributed by atoms with E-state index in [0.29, 0.717) is 38.2 Å². The molecule has 1 aliphatic heterocycles. The highest BCUT2D eigenvalue weighted by molar-refractivity contribution is 8.00. The first-order chi connectivity index (χ1) is 22.9. The van der Waals surface area contributed by atoms with Gasteiger partial charge in [-0.2, -0.15) is 0 Å². The monoisotopic (exact) mass is 698 g/mol. The Hall–Kier alpha value is -3.90. The second-order valence-corrected chi connectivity index (χ2v) is 15.8. The number of benzene rings is 2. The van der Waals surface area contributed by atoms with Gasteiger partial charge >= 0.3 is 12.1 Å². The van der Waals surface area contributed by atoms with Crippen molar-refractivity contribution < 1.29 is 33.0 Å². The first-order valence-electron chi connectivity index (χ1n) is 16.5. The molecule has 0 bridgehead atoms. The summed E-state index contributed by atoms with van der Waals surface area (Å²) in [6.07, 6.45) is 2.04. The number of nitrogens with two attached hydrogens (primary N) is 1. The molecule has 2 amide bonds. The van der Waals surface area contributed by atoms with Gasteiger partial charge in [0.2, 0.25) is 5.91 Å². The number of carbonyl (C=O) groups excluding carboxylic acids is 2. The minimum atomic E-state index is -1.14. The third-order valence-corrected chi connectivity index (χ3v) is 9.38. The number of hydrogen-bond donors (Lipinski definition) is 2. The summed E-state index contributed by atoms with van der Waals surface area (Å²) in [5.74, 6) is -2.52. The fraction of sp³-hybridized carbons (Fsp3) is 0.486. The Balaban J connectivity index is 1.77. The van der Waals surface area contributed by atoms with Crippen LogP contribution in [0.5, 0.6) is 0 Å². The topological polar surface area (TPSA) is 118 Å². The lowest BCUT2D eigenvalue weighted by molar-refractivity contribution is -0.138. The van der Waals surface area contributed by atoms with Gasteiger partial charge in [-0.25, -0.2) is 13.6 Å². The Bertz CT molecular complexity index is 1620. The van der Waals surface area contributed by atoms with Crippen LogP contribution >= 0.6 is 11.8 Å². The summed E-state index contributed by atoms with van der Waals surface area (Å²) < 4.78 is 37.1. The van der Waals surface area contributed by atoms with Crippen molar-refractivity contribution in [1.29, 1.82) is 0 Å². The molecule has 49 heavy (non-hydrogen) atoms. The number of ether oxygens (including phenoxy) is 1. The van der Waals surface area contributed by atoms with Gasteiger partial charge in [-0.05, 0) is 68.4 Å². The van der Waals surface area contributed by atoms with E-state index in [2.05, 4.69) is 0 Å². The Morgan fingerprint density at radius 2 is 1.76 bits per heavy atom. The highest BCUT2D eigenvalue weighted by Gasteiger charge is 2.40. The summed E-state index contributed by atoms with van der Waals surface area (Å²) in [5, 5.41) is 9.29. The van der Waals surface area contributed by atoms with Crippen LogP contribution < -0.4 is 5.73 Å². The van der Waals surface area contributed by atoms with Crippen LogP contribution in [0.2, 0.25) is 0 Å². The van der Waals surface area contributed by atoms with Crippen LogP contribution in [0.4, 0.5) is 13.6 Å². The summed E-state index contributed by atoms with van der Waals surface area (Å²) in [4.78, 5) is 42.0. The quantitative estimate of drug-likeness (QED) is 0.214. The molecule has 4 rings (SSSR count). The van der Waals surface area contributed by atoms with Crippen LogP contribution in [-0.4, -0.2) is 80.2 Å². The maximum absolute atomic E-state index is 15.1. The minimum Gasteiger partial charge on any atom is -0.480 e. The fourth-order valence-electron chi connectivity index (χ4n) is 6.14. The lowest BCUT2D eigenvalue weighted by Crippen LogP contribution is -2.46. The minimum absolute atomic E-state index is 0.0131. The molecule has 1 aliphatic rings. The largest absolute Gasteiger partial charge is 0.480 e. The van der Waals surface area contributed by atoms with Crippen molar-refractivity contribution in [2.45, 2.75) is 72.2 Å². The number of amides is 2. The molecule has 0 spiro atoms. The Morgan fingerprint density at radius 1 is 1.06 bits per heavy atom. The second kappa shape index (κ2) is 15.8. The Labute approximate surface area is 291 Å². The van der Waals surface area contributed by atoms with Gasteiger partial charge in [0.25, 0.3) is 0 Å². The van der Waals surface area contributed by atoms with Crippen molar-refractivity contribution in [2.24, 2.45) is 17.1 Å². The number of aliphatic carboxylic acids is 1. The van der Waals surface area contributed by atoms with Crippen LogP contribution in [0.1, 0.15) is 65.3 Å². The van der Waals surface area contributed by atoms with Gasteiger partial charge in [-0.3, -0.25) is 9.59 Å². The number of carbonyl (C=O) groups is 3. The number of thioether (sulfide) groups is 1. The molecule has 1 aromatic heterocycles. The molecule has 2 aromatic carbocycles. The number of rotatable bonds is 12. The summed E-state index contributed by atoms with van der Waals surface area (Å²) >= 11 is 1.15. The average Bonchev–Trinajstić information content (AvgIpc) is 3.64. The van der Waals surface area contributed by atoms with Crippen LogP contribution in [0, 0.1) is 23.0 Å². The third-order valence-electron chi connectivity index (χ3n) is 8.33. The Morgan fingerprint density at radius 3 is 2.39 bits per heavy atom. The molecule has 0 aliphatic carbocycles. The average molecular weight is 699 g/mol. The maximum Gasteiger partial charge on any atom is 0.410 e. The number of aromatic nitrogens is 1. The fourth-order valence-corrected chi connectivity index (χ4v) is 7.00. The molecular formula is C37H48F2N4O5S. The number of likely N-dealkylation sites (tertiary alicyclic amines) is 1. The number of carboxylic acids is 1. The lowest BCUT2D eigenvalue weighted by Gasteiger charge is -2.42. The van der Waals surface area contributed by atoms with Gasteiger partial charge in [0.15, 0.2) is 0 Å². The zero-order chi connectivity index (χ0) is 36.1. The van der Waals surface area contributed by atoms with Crippen LogP contribution in [-0.2, 0) is 20.9 Å². The molecule has 2 heterocycles. The molecule has 1 fully saturated rings. The van der Waals surface area contributed by atoms with Crippen molar-refractivity contribution in [2.75, 3.05) is 31.1 Å². The van der Waals surface area contributed by atoms with Gasteiger partial charge in [0.1, 0.15) is 23.3 Å². The van der Waals surface area contributed by atoms with Gasteiger partial charge in [0, 0.05) is 54.9 Å². The van der Waals surface area contributed by atoms with Crippen LogP contribution in [0.25, 0.3) is 11.1 Å². The smallest absolute Gasteiger partial charge is 0.410 e. The first kappa shape index (κ1) is 37.9. The second-order valence-electron chi connectivity index (χ2n) is 14.7. The zero-order valence-electron chi connectivity index (χ0n) is 29.1.